The van der Waals surface area contributed by atoms with Gasteiger partial charge in [0.05, 0.1) is 18.8 Å². The predicted molar refractivity (Wildman–Crippen MR) is 193 cm³/mol. The topological polar surface area (TPSA) is 129 Å². The highest BCUT2D eigenvalue weighted by Crippen LogP contribution is 2.34. The van der Waals surface area contributed by atoms with E-state index in [4.69, 9.17) is 15.2 Å². The molecule has 2 aromatic heterocycles. The molecule has 7 rings (SSSR count). The zero-order valence-electron chi connectivity index (χ0n) is 28.5. The van der Waals surface area contributed by atoms with Gasteiger partial charge in [-0.2, -0.15) is 0 Å². The second kappa shape index (κ2) is 14.8. The maximum atomic E-state index is 15.7. The molecule has 262 valence electrons. The molecule has 1 aliphatic carbocycles. The monoisotopic (exact) mass is 689 g/mol. The number of benzene rings is 2. The van der Waals surface area contributed by atoms with Gasteiger partial charge in [-0.25, -0.2) is 9.37 Å². The van der Waals surface area contributed by atoms with Gasteiger partial charge in [-0.3, -0.25) is 14.4 Å². The largest absolute Gasteiger partial charge is 0.481 e. The first kappa shape index (κ1) is 34.0. The number of nitrogen functional groups attached to an aromatic ring is 1. The lowest BCUT2D eigenvalue weighted by molar-refractivity contribution is -0.136. The highest BCUT2D eigenvalue weighted by Gasteiger charge is 2.35. The van der Waals surface area contributed by atoms with E-state index in [2.05, 4.69) is 22.1 Å². The third-order valence-electron chi connectivity index (χ3n) is 9.75. The summed E-state index contributed by atoms with van der Waals surface area (Å²) in [6.07, 6.45) is 8.98. The maximum absolute atomic E-state index is 15.7. The van der Waals surface area contributed by atoms with Crippen LogP contribution in [0.25, 0.3) is 22.3 Å². The first-order chi connectivity index (χ1) is 24.7. The van der Waals surface area contributed by atoms with Crippen LogP contribution in [0.5, 0.6) is 5.75 Å². The third kappa shape index (κ3) is 7.51. The number of carbonyl (C=O) groups excluding carboxylic acids is 2. The minimum atomic E-state index is -0.636. The lowest BCUT2D eigenvalue weighted by atomic mass is 9.85. The molecule has 4 heterocycles. The Kier molecular flexibility index (Phi) is 9.86. The van der Waals surface area contributed by atoms with Crippen molar-refractivity contribution >= 4 is 23.3 Å². The molecule has 0 radical (unpaired) electrons. The van der Waals surface area contributed by atoms with E-state index < -0.39 is 23.3 Å². The fourth-order valence-electron chi connectivity index (χ4n) is 6.60. The smallest absolute Gasteiger partial charge is 0.263 e. The Labute approximate surface area is 295 Å². The quantitative estimate of drug-likeness (QED) is 0.203. The number of hydrogen-bond donors (Lipinski definition) is 2. The van der Waals surface area contributed by atoms with E-state index in [0.29, 0.717) is 74.4 Å². The van der Waals surface area contributed by atoms with Gasteiger partial charge in [0, 0.05) is 79.4 Å². The van der Waals surface area contributed by atoms with Crippen molar-refractivity contribution in [2.75, 3.05) is 37.4 Å². The number of pyridine rings is 2. The number of likely N-dealkylation sites (tertiary alicyclic amines) is 1. The van der Waals surface area contributed by atoms with E-state index in [0.717, 1.165) is 18.4 Å². The standard InChI is InChI=1S/C40H40FN5O5/c1-2-3-7-28-21-45(19-25-5-4-6-25)22-34(37(28)47)39(48)44-30-10-13-32(35(41)17-30)33-16-29(18-43-38(33)42)27-8-11-31(12-9-27)51-36-14-15-46(40(36)49)20-26-23-50-24-26/h8-13,16-18,21-22,25-26,36H,2,4-6,14-15,19-20,23-24H2,1H3,(H2,42,43)(H,44,48)/t36-/m1/s1. The molecule has 3 fully saturated rings. The number of amides is 2. The highest BCUT2D eigenvalue weighted by molar-refractivity contribution is 6.04. The third-order valence-corrected chi connectivity index (χ3v) is 9.75. The Hall–Kier alpha value is -5.47. The fraction of sp³-hybridized carbons (Fsp3) is 0.350. The molecule has 0 spiro atoms. The van der Waals surface area contributed by atoms with Crippen molar-refractivity contribution in [1.29, 1.82) is 0 Å². The van der Waals surface area contributed by atoms with Crippen molar-refractivity contribution < 1.29 is 23.5 Å². The van der Waals surface area contributed by atoms with Gasteiger partial charge < -0.3 is 30.0 Å². The summed E-state index contributed by atoms with van der Waals surface area (Å²) < 4.78 is 28.8. The first-order valence-corrected chi connectivity index (χ1v) is 17.5. The lowest BCUT2D eigenvalue weighted by Crippen LogP contribution is -2.42. The van der Waals surface area contributed by atoms with E-state index in [1.165, 1.54) is 18.6 Å². The Morgan fingerprint density at radius 3 is 2.51 bits per heavy atom. The molecule has 2 aliphatic heterocycles. The van der Waals surface area contributed by atoms with E-state index in [-0.39, 0.29) is 34.1 Å². The second-order valence-electron chi connectivity index (χ2n) is 13.5. The van der Waals surface area contributed by atoms with Gasteiger partial charge in [0.25, 0.3) is 11.8 Å². The van der Waals surface area contributed by atoms with Gasteiger partial charge >= 0.3 is 0 Å². The van der Waals surface area contributed by atoms with Crippen LogP contribution in [0.4, 0.5) is 15.9 Å². The van der Waals surface area contributed by atoms with Crippen LogP contribution in [0.15, 0.2) is 71.9 Å². The number of ether oxygens (including phenoxy) is 2. The van der Waals surface area contributed by atoms with Crippen LogP contribution in [0.3, 0.4) is 0 Å². The molecule has 2 aromatic carbocycles. The lowest BCUT2D eigenvalue weighted by Gasteiger charge is -2.30. The van der Waals surface area contributed by atoms with Crippen LogP contribution in [-0.4, -0.2) is 58.7 Å². The van der Waals surface area contributed by atoms with E-state index in [9.17, 15) is 14.4 Å². The van der Waals surface area contributed by atoms with E-state index >= 15 is 4.39 Å². The summed E-state index contributed by atoms with van der Waals surface area (Å²) >= 11 is 0. The highest BCUT2D eigenvalue weighted by atomic mass is 19.1. The minimum absolute atomic E-state index is 0.0000616. The van der Waals surface area contributed by atoms with Gasteiger partial charge in [-0.1, -0.05) is 37.3 Å². The molecule has 1 atom stereocenters. The number of halogens is 1. The Morgan fingerprint density at radius 2 is 1.82 bits per heavy atom. The molecule has 2 amide bonds. The summed E-state index contributed by atoms with van der Waals surface area (Å²) in [6, 6.07) is 13.3. The SMILES string of the molecule is CCC#Cc1cn(CC2CCC2)cc(C(=O)Nc2ccc(-c3cc(-c4ccc(O[C@@H]5CCN(CC6COC6)C5=O)cc4)cnc3N)c(F)c2)c1=O. The van der Waals surface area contributed by atoms with E-state index in [1.807, 2.05) is 28.5 Å². The Bertz CT molecular complexity index is 2080. The van der Waals surface area contributed by atoms with Crippen LogP contribution in [-0.2, 0) is 16.1 Å². The van der Waals surface area contributed by atoms with Crippen LogP contribution >= 0.6 is 0 Å². The van der Waals surface area contributed by atoms with Crippen molar-refractivity contribution in [3.05, 3.63) is 94.3 Å². The zero-order chi connectivity index (χ0) is 35.5. The van der Waals surface area contributed by atoms with Gasteiger partial charge in [-0.15, -0.1) is 0 Å². The van der Waals surface area contributed by atoms with Gasteiger partial charge in [0.15, 0.2) is 6.10 Å². The van der Waals surface area contributed by atoms with Crippen molar-refractivity contribution in [2.45, 2.75) is 51.7 Å². The maximum Gasteiger partial charge on any atom is 0.263 e. The Morgan fingerprint density at radius 1 is 1.02 bits per heavy atom. The number of aromatic nitrogens is 2. The minimum Gasteiger partial charge on any atom is -0.481 e. The van der Waals surface area contributed by atoms with Gasteiger partial charge in [0.1, 0.15) is 22.9 Å². The average molecular weight is 690 g/mol. The first-order valence-electron chi connectivity index (χ1n) is 17.5. The summed E-state index contributed by atoms with van der Waals surface area (Å²) in [7, 11) is 0. The van der Waals surface area contributed by atoms with Crippen LogP contribution in [0, 0.1) is 29.5 Å². The number of rotatable bonds is 10. The molecule has 3 N–H and O–H groups in total. The average Bonchev–Trinajstić information content (AvgIpc) is 3.43. The summed E-state index contributed by atoms with van der Waals surface area (Å²) in [6.45, 7) is 5.37. The molecule has 4 aromatic rings. The van der Waals surface area contributed by atoms with E-state index in [1.54, 1.807) is 42.9 Å². The predicted octanol–water partition coefficient (Wildman–Crippen LogP) is 5.74. The number of hydrogen-bond acceptors (Lipinski definition) is 7. The fourth-order valence-corrected chi connectivity index (χ4v) is 6.60. The van der Waals surface area contributed by atoms with Crippen molar-refractivity contribution in [3.63, 3.8) is 0 Å². The number of nitrogens with one attached hydrogen (secondary N) is 1. The number of carbonyl (C=O) groups is 2. The Balaban J connectivity index is 1.05. The summed E-state index contributed by atoms with van der Waals surface area (Å²) in [4.78, 5) is 45.5. The molecule has 3 aliphatic rings. The van der Waals surface area contributed by atoms with Gasteiger partial charge in [-0.05, 0) is 60.7 Å². The molecule has 0 unspecified atom stereocenters. The molecule has 0 bridgehead atoms. The molecule has 51 heavy (non-hydrogen) atoms. The molecular formula is C40H40FN5O5. The van der Waals surface area contributed by atoms with Crippen molar-refractivity contribution in [3.8, 4) is 39.8 Å². The number of anilines is 2. The normalized spacial score (nSPS) is 17.3. The van der Waals surface area contributed by atoms with Crippen molar-refractivity contribution in [2.24, 2.45) is 11.8 Å². The van der Waals surface area contributed by atoms with Crippen molar-refractivity contribution in [1.82, 2.24) is 14.5 Å². The molecule has 11 heteroatoms. The van der Waals surface area contributed by atoms with Crippen LogP contribution in [0.2, 0.25) is 0 Å². The van der Waals surface area contributed by atoms with Gasteiger partial charge in [0.2, 0.25) is 5.43 Å². The summed E-state index contributed by atoms with van der Waals surface area (Å²) in [5.41, 5.74) is 8.27. The summed E-state index contributed by atoms with van der Waals surface area (Å²) in [5, 5.41) is 2.68. The summed E-state index contributed by atoms with van der Waals surface area (Å²) in [5.74, 6) is 6.19. The molecule has 2 saturated heterocycles. The number of nitrogens with zero attached hydrogens (tertiary/aromatic N) is 3. The molecular weight excluding hydrogens is 649 g/mol. The number of nitrogens with two attached hydrogens (primary N) is 1. The zero-order valence-corrected chi connectivity index (χ0v) is 28.5. The molecule has 1 saturated carbocycles. The second-order valence-corrected chi connectivity index (χ2v) is 13.5. The van der Waals surface area contributed by atoms with Crippen LogP contribution < -0.4 is 21.2 Å². The molecule has 10 nitrogen and oxygen atoms in total. The van der Waals surface area contributed by atoms with Crippen LogP contribution in [0.1, 0.15) is 54.9 Å².